The zero-order valence-electron chi connectivity index (χ0n) is 11.1. The lowest BCUT2D eigenvalue weighted by Gasteiger charge is -2.25. The molecule has 0 bridgehead atoms. The van der Waals surface area contributed by atoms with E-state index in [4.69, 9.17) is 0 Å². The second-order valence-corrected chi connectivity index (χ2v) is 5.85. The Hall–Kier alpha value is -1.60. The molecular weight excluding hydrogens is 230 g/mol. The molecule has 4 rings (SSSR count). The number of likely N-dealkylation sites (tertiary alicyclic amines) is 1. The van der Waals surface area contributed by atoms with Crippen LogP contribution in [0.5, 0.6) is 0 Å². The molecule has 96 valence electrons. The number of hydrogen-bond acceptors (Lipinski definition) is 1. The van der Waals surface area contributed by atoms with Crippen LogP contribution in [0.1, 0.15) is 29.2 Å². The van der Waals surface area contributed by atoms with Gasteiger partial charge in [-0.25, -0.2) is 0 Å². The molecular formula is C18H19N. The van der Waals surface area contributed by atoms with Gasteiger partial charge in [0, 0.05) is 12.6 Å². The summed E-state index contributed by atoms with van der Waals surface area (Å²) in [6.07, 6.45) is 2.64. The van der Waals surface area contributed by atoms with Crippen LogP contribution in [0.15, 0.2) is 54.6 Å². The van der Waals surface area contributed by atoms with Crippen molar-refractivity contribution in [2.24, 2.45) is 5.92 Å². The van der Waals surface area contributed by atoms with Gasteiger partial charge in [0.05, 0.1) is 0 Å². The lowest BCUT2D eigenvalue weighted by molar-refractivity contribution is 0.231. The first-order valence-electron chi connectivity index (χ1n) is 7.27. The van der Waals surface area contributed by atoms with Gasteiger partial charge in [0.15, 0.2) is 0 Å². The maximum Gasteiger partial charge on any atom is 0.0386 e. The van der Waals surface area contributed by atoms with Gasteiger partial charge in [-0.3, -0.25) is 4.90 Å². The lowest BCUT2D eigenvalue weighted by Crippen LogP contribution is -2.23. The fraction of sp³-hybridized carbons (Fsp3) is 0.333. The van der Waals surface area contributed by atoms with E-state index in [0.29, 0.717) is 6.04 Å². The summed E-state index contributed by atoms with van der Waals surface area (Å²) in [4.78, 5) is 2.67. The van der Waals surface area contributed by atoms with E-state index in [0.717, 1.165) is 12.5 Å². The van der Waals surface area contributed by atoms with Gasteiger partial charge in [-0.1, -0.05) is 54.6 Å². The van der Waals surface area contributed by atoms with Crippen LogP contribution < -0.4 is 0 Å². The molecule has 0 amide bonds. The molecule has 0 radical (unpaired) electrons. The van der Waals surface area contributed by atoms with Gasteiger partial charge in [0.25, 0.3) is 0 Å². The fourth-order valence-electron chi connectivity index (χ4n) is 3.88. The van der Waals surface area contributed by atoms with Crippen LogP contribution in [0.3, 0.4) is 0 Å². The number of rotatable bonds is 2. The minimum absolute atomic E-state index is 0.663. The monoisotopic (exact) mass is 249 g/mol. The molecule has 1 nitrogen and oxygen atoms in total. The van der Waals surface area contributed by atoms with E-state index in [1.54, 1.807) is 11.1 Å². The Balaban J connectivity index is 1.62. The lowest BCUT2D eigenvalue weighted by atomic mass is 10.0. The molecule has 1 heteroatoms. The predicted octanol–water partition coefficient (Wildman–Crippen LogP) is 3.81. The van der Waals surface area contributed by atoms with Gasteiger partial charge in [0.2, 0.25) is 0 Å². The van der Waals surface area contributed by atoms with Gasteiger partial charge < -0.3 is 0 Å². The smallest absolute Gasteiger partial charge is 0.0386 e. The maximum atomic E-state index is 2.67. The number of fused-ring (bicyclic) bond motifs is 3. The van der Waals surface area contributed by atoms with Crippen LogP contribution in [0.25, 0.3) is 0 Å². The van der Waals surface area contributed by atoms with Crippen molar-refractivity contribution in [1.29, 1.82) is 0 Å². The zero-order valence-corrected chi connectivity index (χ0v) is 11.1. The quantitative estimate of drug-likeness (QED) is 0.782. The van der Waals surface area contributed by atoms with Gasteiger partial charge in [-0.05, 0) is 42.0 Å². The largest absolute Gasteiger partial charge is 0.292 e. The normalized spacial score (nSPS) is 25.3. The maximum absolute atomic E-state index is 2.67. The van der Waals surface area contributed by atoms with Crippen molar-refractivity contribution in [3.05, 3.63) is 71.3 Å². The Bertz CT molecular complexity index is 575. The Labute approximate surface area is 114 Å². The Morgan fingerprint density at radius 3 is 2.63 bits per heavy atom. The van der Waals surface area contributed by atoms with E-state index < -0.39 is 0 Å². The van der Waals surface area contributed by atoms with Crippen molar-refractivity contribution in [1.82, 2.24) is 4.90 Å². The average Bonchev–Trinajstić information content (AvgIpc) is 3.00. The van der Waals surface area contributed by atoms with Gasteiger partial charge in [-0.2, -0.15) is 0 Å². The zero-order chi connectivity index (χ0) is 12.7. The van der Waals surface area contributed by atoms with E-state index >= 15 is 0 Å². The van der Waals surface area contributed by atoms with Crippen LogP contribution in [0.2, 0.25) is 0 Å². The van der Waals surface area contributed by atoms with Crippen molar-refractivity contribution >= 4 is 0 Å². The second kappa shape index (κ2) is 4.50. The van der Waals surface area contributed by atoms with Crippen molar-refractivity contribution in [3.63, 3.8) is 0 Å². The highest BCUT2D eigenvalue weighted by Gasteiger charge is 2.40. The topological polar surface area (TPSA) is 3.24 Å². The first-order chi connectivity index (χ1) is 9.42. The van der Waals surface area contributed by atoms with Crippen LogP contribution in [0, 0.1) is 5.92 Å². The highest BCUT2D eigenvalue weighted by atomic mass is 15.2. The molecule has 0 saturated carbocycles. The molecule has 0 N–H and O–H groups in total. The summed E-state index contributed by atoms with van der Waals surface area (Å²) in [6.45, 7) is 2.34. The molecule has 1 heterocycles. The predicted molar refractivity (Wildman–Crippen MR) is 77.8 cm³/mol. The van der Waals surface area contributed by atoms with Gasteiger partial charge in [-0.15, -0.1) is 0 Å². The third-order valence-electron chi connectivity index (χ3n) is 4.71. The minimum Gasteiger partial charge on any atom is -0.292 e. The molecule has 1 aliphatic heterocycles. The van der Waals surface area contributed by atoms with E-state index in [1.807, 2.05) is 0 Å². The van der Waals surface area contributed by atoms with Gasteiger partial charge in [0.1, 0.15) is 0 Å². The van der Waals surface area contributed by atoms with Crippen LogP contribution >= 0.6 is 0 Å². The SMILES string of the molecule is c1ccc(CN2CC[C@H]3Cc4ccccc4[C@H]32)cc1. The molecule has 1 saturated heterocycles. The first-order valence-corrected chi connectivity index (χ1v) is 7.27. The Morgan fingerprint density at radius 2 is 1.74 bits per heavy atom. The summed E-state index contributed by atoms with van der Waals surface area (Å²) in [6, 6.07) is 20.6. The summed E-state index contributed by atoms with van der Waals surface area (Å²) >= 11 is 0. The van der Waals surface area contributed by atoms with Crippen molar-refractivity contribution in [3.8, 4) is 0 Å². The number of benzene rings is 2. The highest BCUT2D eigenvalue weighted by molar-refractivity contribution is 5.37. The number of nitrogens with zero attached hydrogens (tertiary/aromatic N) is 1. The second-order valence-electron chi connectivity index (χ2n) is 5.85. The molecule has 0 unspecified atom stereocenters. The van der Waals surface area contributed by atoms with E-state index in [1.165, 1.54) is 24.9 Å². The molecule has 1 aliphatic carbocycles. The Kier molecular flexibility index (Phi) is 2.66. The van der Waals surface area contributed by atoms with E-state index in [2.05, 4.69) is 59.5 Å². The molecule has 1 fully saturated rings. The molecule has 2 aromatic rings. The van der Waals surface area contributed by atoms with Gasteiger partial charge >= 0.3 is 0 Å². The molecule has 2 aliphatic rings. The summed E-state index contributed by atoms with van der Waals surface area (Å²) in [5.74, 6) is 0.848. The molecule has 0 spiro atoms. The summed E-state index contributed by atoms with van der Waals surface area (Å²) < 4.78 is 0. The van der Waals surface area contributed by atoms with E-state index in [-0.39, 0.29) is 0 Å². The van der Waals surface area contributed by atoms with Crippen molar-refractivity contribution in [2.45, 2.75) is 25.4 Å². The minimum atomic E-state index is 0.663. The van der Waals surface area contributed by atoms with Crippen molar-refractivity contribution in [2.75, 3.05) is 6.54 Å². The summed E-state index contributed by atoms with van der Waals surface area (Å²) in [7, 11) is 0. The highest BCUT2D eigenvalue weighted by Crippen LogP contribution is 2.46. The third kappa shape index (κ3) is 1.89. The third-order valence-corrected chi connectivity index (χ3v) is 4.71. The van der Waals surface area contributed by atoms with Crippen LogP contribution in [-0.2, 0) is 13.0 Å². The standard InChI is InChI=1S/C18H19N/c1-2-6-14(7-3-1)13-19-11-10-16-12-15-8-4-5-9-17(15)18(16)19/h1-9,16,18H,10-13H2/t16-,18-/m0/s1. The van der Waals surface area contributed by atoms with E-state index in [9.17, 15) is 0 Å². The summed E-state index contributed by atoms with van der Waals surface area (Å²) in [5, 5.41) is 0. The average molecular weight is 249 g/mol. The summed E-state index contributed by atoms with van der Waals surface area (Å²) in [5.41, 5.74) is 4.60. The molecule has 2 aromatic carbocycles. The Morgan fingerprint density at radius 1 is 0.947 bits per heavy atom. The first kappa shape index (κ1) is 11.2. The molecule has 19 heavy (non-hydrogen) atoms. The molecule has 2 atom stereocenters. The number of hydrogen-bond donors (Lipinski definition) is 0. The fourth-order valence-corrected chi connectivity index (χ4v) is 3.88. The van der Waals surface area contributed by atoms with Crippen LogP contribution in [-0.4, -0.2) is 11.4 Å². The van der Waals surface area contributed by atoms with Crippen LogP contribution in [0.4, 0.5) is 0 Å². The van der Waals surface area contributed by atoms with Crippen molar-refractivity contribution < 1.29 is 0 Å². The molecule has 0 aromatic heterocycles.